The summed E-state index contributed by atoms with van der Waals surface area (Å²) in [5.41, 5.74) is 8.71. The summed E-state index contributed by atoms with van der Waals surface area (Å²) in [4.78, 5) is 84.8. The van der Waals surface area contributed by atoms with Crippen LogP contribution in [-0.2, 0) is 52.8 Å². The first-order valence-electron chi connectivity index (χ1n) is 24.7. The highest BCUT2D eigenvalue weighted by atomic mass is 32.1. The molecule has 3 aromatic heterocycles. The number of thiazole rings is 1. The Bertz CT molecular complexity index is 2640. The molecule has 0 saturated carbocycles. The zero-order valence-electron chi connectivity index (χ0n) is 43.9. The number of fused-ring (bicyclic) bond motifs is 6. The second-order valence-corrected chi connectivity index (χ2v) is 21.3. The fourth-order valence-corrected chi connectivity index (χ4v) is 11.5. The second kappa shape index (κ2) is 26.2. The van der Waals surface area contributed by atoms with Crippen LogP contribution in [0.15, 0.2) is 54.6 Å². The number of aryl methyl sites for hydroxylation is 1. The molecule has 22 heteroatoms. The molecule has 17 nitrogen and oxygen atoms in total. The van der Waals surface area contributed by atoms with Gasteiger partial charge in [0.1, 0.15) is 18.1 Å². The summed E-state index contributed by atoms with van der Waals surface area (Å²) in [5.74, 6) is -1.82. The smallest absolute Gasteiger partial charge is 0.324 e. The van der Waals surface area contributed by atoms with Crippen LogP contribution >= 0.6 is 65.3 Å². The highest BCUT2D eigenvalue weighted by molar-refractivity contribution is 7.59. The molecule has 4 atom stereocenters. The number of hydrogen-bond acceptors (Lipinski definition) is 12. The van der Waals surface area contributed by atoms with Crippen LogP contribution in [0.1, 0.15) is 89.6 Å². The number of methoxy groups -OCH3 is 1. The van der Waals surface area contributed by atoms with Crippen molar-refractivity contribution >= 4 is 106 Å². The molecule has 0 radical (unpaired) electrons. The summed E-state index contributed by atoms with van der Waals surface area (Å²) >= 11 is 1.41. The lowest BCUT2D eigenvalue weighted by Gasteiger charge is -2.47. The van der Waals surface area contributed by atoms with E-state index in [4.69, 9.17) is 24.2 Å². The topological polar surface area (TPSA) is 181 Å². The highest BCUT2D eigenvalue weighted by Crippen LogP contribution is 2.42. The van der Waals surface area contributed by atoms with Crippen LogP contribution in [0.2, 0.25) is 0 Å². The number of hydrogen-bond donors (Lipinski definition) is 2. The van der Waals surface area contributed by atoms with E-state index in [1.807, 2.05) is 32.2 Å². The van der Waals surface area contributed by atoms with Crippen LogP contribution in [-0.4, -0.2) is 148 Å². The molecule has 0 unspecified atom stereocenters. The van der Waals surface area contributed by atoms with Gasteiger partial charge in [-0.05, 0) is 87.8 Å². The summed E-state index contributed by atoms with van der Waals surface area (Å²) in [7, 11) is 3.31. The molecule has 1 spiro atoms. The summed E-state index contributed by atoms with van der Waals surface area (Å²) in [5, 5.41) is 8.14. The molecule has 6 bridgehead atoms. The average molecular weight is 1120 g/mol. The molecule has 3 saturated heterocycles. The Morgan fingerprint density at radius 2 is 1.78 bits per heavy atom. The lowest BCUT2D eigenvalue weighted by Crippen LogP contribution is -2.63. The van der Waals surface area contributed by atoms with Crippen molar-refractivity contribution in [1.82, 2.24) is 45.0 Å². The van der Waals surface area contributed by atoms with Crippen LogP contribution in [0.25, 0.3) is 33.4 Å². The number of rotatable bonds is 9. The highest BCUT2D eigenvalue weighted by Gasteiger charge is 2.44. The number of hydrazine groups is 1. The molecule has 1 aromatic carbocycles. The van der Waals surface area contributed by atoms with E-state index >= 15 is 0 Å². The van der Waals surface area contributed by atoms with Gasteiger partial charge in [-0.25, -0.2) is 15.2 Å². The van der Waals surface area contributed by atoms with Crippen molar-refractivity contribution in [2.24, 2.45) is 11.3 Å². The maximum atomic E-state index is 14.7. The van der Waals surface area contributed by atoms with Gasteiger partial charge in [0, 0.05) is 92.3 Å². The van der Waals surface area contributed by atoms with Gasteiger partial charge in [0.15, 0.2) is 0 Å². The van der Waals surface area contributed by atoms with Crippen LogP contribution in [0.5, 0.6) is 0 Å². The van der Waals surface area contributed by atoms with Gasteiger partial charge in [-0.1, -0.05) is 40.3 Å². The summed E-state index contributed by atoms with van der Waals surface area (Å²) in [6, 6.07) is 7.30. The summed E-state index contributed by atoms with van der Waals surface area (Å²) < 4.78 is 20.5. The Morgan fingerprint density at radius 1 is 1.05 bits per heavy atom. The van der Waals surface area contributed by atoms with E-state index in [1.54, 1.807) is 30.2 Å². The van der Waals surface area contributed by atoms with Gasteiger partial charge in [0.05, 0.1) is 53.6 Å². The first-order chi connectivity index (χ1) is 33.5. The van der Waals surface area contributed by atoms with Gasteiger partial charge in [0.25, 0.3) is 5.91 Å². The third-order valence-corrected chi connectivity index (χ3v) is 15.3. The number of likely N-dealkylation sites (tertiary alicyclic amines) is 1. The lowest BCUT2D eigenvalue weighted by molar-refractivity contribution is -0.155. The van der Waals surface area contributed by atoms with Crippen molar-refractivity contribution < 1.29 is 38.2 Å². The van der Waals surface area contributed by atoms with Gasteiger partial charge >= 0.3 is 12.0 Å². The maximum Gasteiger partial charge on any atom is 0.324 e. The standard InChI is InChI=1S/C52H69N9O8S.4H2S/c1-10-43(62)59-24-25-69-52(30-59)18-22-58(23-19-52)50(66)57(8)45(32(3)4)47(63)55-39-27-42-54-40(29-70-42)34-16-17-41-36(26-34)37(46(60(41)11-2)35-14-12-20-53-44(35)33(5)67-9)28-51(6,7)31-68-49(65)38-15-13-21-61(56-38)48(39)64;;;;/h10,12,14,16-17,20,26,29,32-33,38-39,45,56H,1,11,13,15,18-19,21-25,27-28,30-31H2,2-9H3,(H,55,63);4*1H2/t33-,38-,39-,45-;;;;/m0..../s1. The van der Waals surface area contributed by atoms with Crippen molar-refractivity contribution in [3.63, 3.8) is 0 Å². The average Bonchev–Trinajstić information content (AvgIpc) is 3.95. The third kappa shape index (κ3) is 13.1. The number of esters is 1. The van der Waals surface area contributed by atoms with E-state index in [0.717, 1.165) is 44.7 Å². The first-order valence-corrected chi connectivity index (χ1v) is 25.5. The van der Waals surface area contributed by atoms with Crippen molar-refractivity contribution in [2.75, 3.05) is 60.1 Å². The molecule has 4 aromatic rings. The largest absolute Gasteiger partial charge is 0.464 e. The molecule has 5 amide bonds. The number of aromatic nitrogens is 3. The number of pyridine rings is 1. The number of piperidine rings is 1. The number of carbonyl (C=O) groups excluding carboxylic acids is 5. The second-order valence-electron chi connectivity index (χ2n) is 20.3. The Labute approximate surface area is 467 Å². The molecular weight excluding hydrogens is 1040 g/mol. The Hall–Kier alpha value is -4.29. The number of cyclic esters (lactones) is 1. The molecular formula is C52H77N9O8S5. The van der Waals surface area contributed by atoms with Crippen molar-refractivity contribution in [1.29, 1.82) is 0 Å². The molecule has 0 aliphatic carbocycles. The van der Waals surface area contributed by atoms with Gasteiger partial charge in [-0.3, -0.25) is 29.2 Å². The lowest BCUT2D eigenvalue weighted by atomic mass is 9.84. The quantitative estimate of drug-likeness (QED) is 0.136. The van der Waals surface area contributed by atoms with E-state index in [1.165, 1.54) is 27.3 Å². The number of likely N-dealkylation sites (N-methyl/N-ethyl adjacent to an activating group) is 1. The third-order valence-electron chi connectivity index (χ3n) is 14.5. The van der Waals surface area contributed by atoms with Crippen LogP contribution in [0, 0.1) is 11.3 Å². The molecule has 4 aliphatic heterocycles. The number of benzene rings is 1. The molecule has 4 aliphatic rings. The van der Waals surface area contributed by atoms with Gasteiger partial charge in [-0.2, -0.15) is 54.0 Å². The van der Waals surface area contributed by atoms with E-state index in [9.17, 15) is 24.0 Å². The van der Waals surface area contributed by atoms with Crippen molar-refractivity contribution in [3.05, 3.63) is 70.8 Å². The van der Waals surface area contributed by atoms with Gasteiger partial charge in [0.2, 0.25) is 11.8 Å². The van der Waals surface area contributed by atoms with Gasteiger partial charge < -0.3 is 38.8 Å². The number of nitrogens with one attached hydrogen (secondary N) is 2. The number of urea groups is 1. The van der Waals surface area contributed by atoms with E-state index in [2.05, 4.69) is 66.9 Å². The number of ether oxygens (including phenoxy) is 3. The molecule has 7 heterocycles. The molecule has 8 rings (SSSR count). The fourth-order valence-electron chi connectivity index (χ4n) is 10.7. The van der Waals surface area contributed by atoms with E-state index < -0.39 is 46.9 Å². The number of morpholine rings is 1. The number of nitrogens with zero attached hydrogens (tertiary/aromatic N) is 7. The van der Waals surface area contributed by atoms with Gasteiger partial charge in [-0.15, -0.1) is 11.3 Å². The minimum absolute atomic E-state index is 0. The predicted octanol–water partition coefficient (Wildman–Crippen LogP) is 6.61. The molecule has 2 N–H and O–H groups in total. The van der Waals surface area contributed by atoms with Crippen LogP contribution in [0.4, 0.5) is 4.79 Å². The minimum Gasteiger partial charge on any atom is -0.464 e. The fraction of sp³-hybridized carbons (Fsp3) is 0.558. The van der Waals surface area contributed by atoms with Crippen LogP contribution < -0.4 is 10.7 Å². The molecule has 408 valence electrons. The molecule has 3 fully saturated rings. The Kier molecular flexibility index (Phi) is 22.0. The normalized spacial score (nSPS) is 20.4. The van der Waals surface area contributed by atoms with E-state index in [-0.39, 0.29) is 91.0 Å². The minimum atomic E-state index is -1.09. The predicted molar refractivity (Wildman–Crippen MR) is 309 cm³/mol. The van der Waals surface area contributed by atoms with E-state index in [0.29, 0.717) is 83.0 Å². The summed E-state index contributed by atoms with van der Waals surface area (Å²) in [6.07, 6.45) is 5.57. The number of amides is 5. The molecule has 74 heavy (non-hydrogen) atoms. The summed E-state index contributed by atoms with van der Waals surface area (Å²) in [6.45, 7) is 18.9. The SMILES string of the molecule is C=CC(=O)N1CCOC2(CCN(C(=O)N(C)[C@H](C(=O)N[C@H]3Cc4nc(cs4)-c4ccc5c(c4)c(c(-c4cccnc4[C@H](C)OC)n5CC)CC(C)(C)COC(=O)[C@@H]4CCCN(N4)C3=O)C(C)C)CC2)C1.S.S.S.S. The Balaban J connectivity index is 0.00000296. The van der Waals surface area contributed by atoms with Crippen molar-refractivity contribution in [3.8, 4) is 22.5 Å². The Morgan fingerprint density at radius 3 is 2.46 bits per heavy atom. The monoisotopic (exact) mass is 1120 g/mol. The number of carbonyl (C=O) groups is 5. The zero-order valence-corrected chi connectivity index (χ0v) is 48.7. The maximum absolute atomic E-state index is 14.7. The zero-order chi connectivity index (χ0) is 50.1. The van der Waals surface area contributed by atoms with Crippen molar-refractivity contribution in [2.45, 2.75) is 116 Å². The van der Waals surface area contributed by atoms with Crippen LogP contribution in [0.3, 0.4) is 0 Å². The first kappa shape index (κ1) is 62.3.